The SMILES string of the molecule is CCOc1ccc(C(N)=O)cc1S(=O)(=O)N1CCCC(C)C1. The Balaban J connectivity index is 2.47. The Labute approximate surface area is 131 Å². The lowest BCUT2D eigenvalue weighted by atomic mass is 10.0. The van der Waals surface area contributed by atoms with E-state index in [-0.39, 0.29) is 16.2 Å². The predicted molar refractivity (Wildman–Crippen MR) is 83.3 cm³/mol. The highest BCUT2D eigenvalue weighted by molar-refractivity contribution is 7.89. The number of amides is 1. The third-order valence-corrected chi connectivity index (χ3v) is 5.65. The van der Waals surface area contributed by atoms with Gasteiger partial charge in [-0.05, 0) is 43.9 Å². The van der Waals surface area contributed by atoms with Crippen LogP contribution in [0, 0.1) is 5.92 Å². The first-order chi connectivity index (χ1) is 10.4. The second-order valence-electron chi connectivity index (χ2n) is 5.57. The van der Waals surface area contributed by atoms with Crippen LogP contribution in [0.3, 0.4) is 0 Å². The van der Waals surface area contributed by atoms with Gasteiger partial charge in [-0.1, -0.05) is 6.92 Å². The topological polar surface area (TPSA) is 89.7 Å². The molecule has 1 aromatic rings. The number of ether oxygens (including phenoxy) is 1. The van der Waals surface area contributed by atoms with Gasteiger partial charge in [-0.2, -0.15) is 4.31 Å². The second-order valence-corrected chi connectivity index (χ2v) is 7.48. The Hall–Kier alpha value is -1.60. The lowest BCUT2D eigenvalue weighted by molar-refractivity contribution is 0.1000. The van der Waals surface area contributed by atoms with E-state index in [4.69, 9.17) is 10.5 Å². The number of nitrogens with zero attached hydrogens (tertiary/aromatic N) is 1. The zero-order valence-electron chi connectivity index (χ0n) is 12.9. The van der Waals surface area contributed by atoms with Crippen LogP contribution in [0.25, 0.3) is 0 Å². The number of piperidine rings is 1. The van der Waals surface area contributed by atoms with E-state index in [1.54, 1.807) is 6.92 Å². The summed E-state index contributed by atoms with van der Waals surface area (Å²) in [4.78, 5) is 11.4. The fourth-order valence-corrected chi connectivity index (χ4v) is 4.40. The second kappa shape index (κ2) is 6.66. The van der Waals surface area contributed by atoms with Crippen LogP contribution in [-0.4, -0.2) is 38.3 Å². The van der Waals surface area contributed by atoms with Crippen molar-refractivity contribution in [3.8, 4) is 5.75 Å². The van der Waals surface area contributed by atoms with Gasteiger partial charge in [0.2, 0.25) is 15.9 Å². The predicted octanol–water partition coefficient (Wildman–Crippen LogP) is 1.60. The summed E-state index contributed by atoms with van der Waals surface area (Å²) in [6, 6.07) is 4.27. The maximum absolute atomic E-state index is 12.9. The standard InChI is InChI=1S/C15H22N2O4S/c1-3-21-13-7-6-12(15(16)18)9-14(13)22(19,20)17-8-4-5-11(2)10-17/h6-7,9,11H,3-5,8,10H2,1-2H3,(H2,16,18). The van der Waals surface area contributed by atoms with E-state index >= 15 is 0 Å². The van der Waals surface area contributed by atoms with Crippen molar-refractivity contribution in [3.63, 3.8) is 0 Å². The number of carbonyl (C=O) groups is 1. The summed E-state index contributed by atoms with van der Waals surface area (Å²) >= 11 is 0. The maximum Gasteiger partial charge on any atom is 0.248 e. The van der Waals surface area contributed by atoms with Crippen LogP contribution in [0.5, 0.6) is 5.75 Å². The van der Waals surface area contributed by atoms with E-state index in [0.717, 1.165) is 12.8 Å². The quantitative estimate of drug-likeness (QED) is 0.890. The van der Waals surface area contributed by atoms with Crippen molar-refractivity contribution < 1.29 is 17.9 Å². The van der Waals surface area contributed by atoms with Crippen LogP contribution in [0.2, 0.25) is 0 Å². The van der Waals surface area contributed by atoms with Gasteiger partial charge in [-0.3, -0.25) is 4.79 Å². The summed E-state index contributed by atoms with van der Waals surface area (Å²) in [5, 5.41) is 0. The molecule has 1 aliphatic heterocycles. The number of hydrogen-bond donors (Lipinski definition) is 1. The molecule has 2 rings (SSSR count). The largest absolute Gasteiger partial charge is 0.492 e. The molecule has 1 atom stereocenters. The van der Waals surface area contributed by atoms with E-state index in [1.165, 1.54) is 22.5 Å². The molecule has 7 heteroatoms. The summed E-state index contributed by atoms with van der Waals surface area (Å²) in [5.41, 5.74) is 5.42. The zero-order valence-corrected chi connectivity index (χ0v) is 13.7. The summed E-state index contributed by atoms with van der Waals surface area (Å²) in [5.74, 6) is -0.0874. The Morgan fingerprint density at radius 3 is 2.77 bits per heavy atom. The molecule has 6 nitrogen and oxygen atoms in total. The molecule has 1 amide bonds. The Morgan fingerprint density at radius 1 is 1.45 bits per heavy atom. The highest BCUT2D eigenvalue weighted by atomic mass is 32.2. The molecule has 0 aliphatic carbocycles. The van der Waals surface area contributed by atoms with Gasteiger partial charge in [0.15, 0.2) is 0 Å². The number of rotatable bonds is 5. The fraction of sp³-hybridized carbons (Fsp3) is 0.533. The number of carbonyl (C=O) groups excluding carboxylic acids is 1. The molecule has 1 unspecified atom stereocenters. The summed E-state index contributed by atoms with van der Waals surface area (Å²) in [6.07, 6.45) is 1.85. The maximum atomic E-state index is 12.9. The molecule has 0 radical (unpaired) electrons. The minimum absolute atomic E-state index is 0.0137. The normalized spacial score (nSPS) is 19.8. The van der Waals surface area contributed by atoms with Crippen LogP contribution >= 0.6 is 0 Å². The number of primary amides is 1. The van der Waals surface area contributed by atoms with Crippen molar-refractivity contribution in [2.45, 2.75) is 31.6 Å². The number of sulfonamides is 1. The van der Waals surface area contributed by atoms with Crippen molar-refractivity contribution >= 4 is 15.9 Å². The van der Waals surface area contributed by atoms with Gasteiger partial charge in [-0.25, -0.2) is 8.42 Å². The van der Waals surface area contributed by atoms with Crippen molar-refractivity contribution in [1.29, 1.82) is 0 Å². The average molecular weight is 326 g/mol. The van der Waals surface area contributed by atoms with Crippen molar-refractivity contribution in [2.24, 2.45) is 11.7 Å². The van der Waals surface area contributed by atoms with Crippen LogP contribution in [0.4, 0.5) is 0 Å². The summed E-state index contributed by atoms with van der Waals surface area (Å²) in [7, 11) is -3.70. The van der Waals surface area contributed by atoms with Gasteiger partial charge in [-0.15, -0.1) is 0 Å². The average Bonchev–Trinajstić information content (AvgIpc) is 2.47. The van der Waals surface area contributed by atoms with Crippen LogP contribution in [0.15, 0.2) is 23.1 Å². The van der Waals surface area contributed by atoms with E-state index in [9.17, 15) is 13.2 Å². The first-order valence-electron chi connectivity index (χ1n) is 7.43. The first kappa shape index (κ1) is 16.8. The van der Waals surface area contributed by atoms with E-state index in [0.29, 0.717) is 25.6 Å². The van der Waals surface area contributed by atoms with Gasteiger partial charge >= 0.3 is 0 Å². The Kier molecular flexibility index (Phi) is 5.08. The molecule has 2 N–H and O–H groups in total. The Bertz CT molecular complexity index is 658. The molecule has 22 heavy (non-hydrogen) atoms. The van der Waals surface area contributed by atoms with E-state index < -0.39 is 15.9 Å². The van der Waals surface area contributed by atoms with Crippen molar-refractivity contribution in [1.82, 2.24) is 4.31 Å². The summed E-state index contributed by atoms with van der Waals surface area (Å²) in [6.45, 7) is 5.12. The molecule has 1 saturated heterocycles. The van der Waals surface area contributed by atoms with Crippen molar-refractivity contribution in [2.75, 3.05) is 19.7 Å². The highest BCUT2D eigenvalue weighted by Crippen LogP contribution is 2.30. The molecule has 1 fully saturated rings. The lowest BCUT2D eigenvalue weighted by Gasteiger charge is -2.30. The van der Waals surface area contributed by atoms with Gasteiger partial charge in [0.05, 0.1) is 6.61 Å². The van der Waals surface area contributed by atoms with Crippen LogP contribution in [0.1, 0.15) is 37.0 Å². The minimum Gasteiger partial charge on any atom is -0.492 e. The number of hydrogen-bond acceptors (Lipinski definition) is 4. The molecule has 1 aromatic carbocycles. The molecular weight excluding hydrogens is 304 g/mol. The smallest absolute Gasteiger partial charge is 0.248 e. The number of benzene rings is 1. The molecule has 0 bridgehead atoms. The third-order valence-electron chi connectivity index (χ3n) is 3.77. The molecule has 0 saturated carbocycles. The molecule has 1 heterocycles. The molecular formula is C15H22N2O4S. The Morgan fingerprint density at radius 2 is 2.18 bits per heavy atom. The van der Waals surface area contributed by atoms with Crippen LogP contribution < -0.4 is 10.5 Å². The van der Waals surface area contributed by atoms with Gasteiger partial charge in [0.1, 0.15) is 10.6 Å². The molecule has 1 aliphatic rings. The molecule has 0 spiro atoms. The monoisotopic (exact) mass is 326 g/mol. The first-order valence-corrected chi connectivity index (χ1v) is 8.87. The number of nitrogens with two attached hydrogens (primary N) is 1. The fourth-order valence-electron chi connectivity index (χ4n) is 2.64. The molecule has 0 aromatic heterocycles. The third kappa shape index (κ3) is 3.41. The van der Waals surface area contributed by atoms with Gasteiger partial charge < -0.3 is 10.5 Å². The lowest BCUT2D eigenvalue weighted by Crippen LogP contribution is -2.39. The van der Waals surface area contributed by atoms with Crippen molar-refractivity contribution in [3.05, 3.63) is 23.8 Å². The zero-order chi connectivity index (χ0) is 16.3. The van der Waals surface area contributed by atoms with E-state index in [1.807, 2.05) is 6.92 Å². The minimum atomic E-state index is -3.70. The van der Waals surface area contributed by atoms with E-state index in [2.05, 4.69) is 0 Å². The van der Waals surface area contributed by atoms with Gasteiger partial charge in [0.25, 0.3) is 0 Å². The van der Waals surface area contributed by atoms with Gasteiger partial charge in [0, 0.05) is 18.7 Å². The van der Waals surface area contributed by atoms with Crippen LogP contribution in [-0.2, 0) is 10.0 Å². The summed E-state index contributed by atoms with van der Waals surface area (Å²) < 4.78 is 32.7. The highest BCUT2D eigenvalue weighted by Gasteiger charge is 2.31. The molecule has 122 valence electrons.